The summed E-state index contributed by atoms with van der Waals surface area (Å²) in [6.07, 6.45) is 2.07. The van der Waals surface area contributed by atoms with E-state index in [1.54, 1.807) is 31.2 Å². The van der Waals surface area contributed by atoms with Gasteiger partial charge in [-0.05, 0) is 44.0 Å². The van der Waals surface area contributed by atoms with E-state index in [-0.39, 0.29) is 10.7 Å². The highest BCUT2D eigenvalue weighted by molar-refractivity contribution is 8.00. The quantitative estimate of drug-likeness (QED) is 0.681. The molecule has 0 bridgehead atoms. The lowest BCUT2D eigenvalue weighted by Gasteiger charge is -2.37. The van der Waals surface area contributed by atoms with Gasteiger partial charge in [0.2, 0.25) is 0 Å². The Labute approximate surface area is 133 Å². The minimum absolute atomic E-state index is 0.0385. The highest BCUT2D eigenvalue weighted by atomic mass is 32.2. The Morgan fingerprint density at radius 2 is 2.00 bits per heavy atom. The van der Waals surface area contributed by atoms with Crippen LogP contribution in [0.4, 0.5) is 0 Å². The second kappa shape index (κ2) is 6.30. The van der Waals surface area contributed by atoms with Gasteiger partial charge in [0.05, 0.1) is 16.2 Å². The van der Waals surface area contributed by atoms with Gasteiger partial charge < -0.3 is 9.87 Å². The molecule has 2 saturated heterocycles. The largest absolute Gasteiger partial charge is 0.593 e. The second-order valence-electron chi connectivity index (χ2n) is 5.53. The van der Waals surface area contributed by atoms with Crippen molar-refractivity contribution in [2.45, 2.75) is 29.5 Å². The molecule has 1 spiro atoms. The highest BCUT2D eigenvalue weighted by Gasteiger charge is 2.40. The van der Waals surface area contributed by atoms with Crippen LogP contribution < -0.4 is 5.32 Å². The number of piperidine rings is 1. The first-order chi connectivity index (χ1) is 10.1. The summed E-state index contributed by atoms with van der Waals surface area (Å²) in [5.41, 5.74) is 0.667. The number of nitrogens with zero attached hydrogens (tertiary/aromatic N) is 1. The van der Waals surface area contributed by atoms with Crippen molar-refractivity contribution in [1.82, 2.24) is 9.62 Å². The minimum Gasteiger partial charge on any atom is -0.593 e. The molecule has 2 aliphatic heterocycles. The summed E-state index contributed by atoms with van der Waals surface area (Å²) in [6.45, 7) is 4.32. The van der Waals surface area contributed by atoms with Crippen LogP contribution in [0.1, 0.15) is 30.1 Å². The van der Waals surface area contributed by atoms with E-state index in [2.05, 4.69) is 5.32 Å². The molecule has 2 heterocycles. The van der Waals surface area contributed by atoms with Crippen molar-refractivity contribution in [3.05, 3.63) is 29.8 Å². The molecular weight excluding hydrogens is 304 g/mol. The predicted molar refractivity (Wildman–Crippen MR) is 86.9 cm³/mol. The molecule has 21 heavy (non-hydrogen) atoms. The maximum absolute atomic E-state index is 12.6. The summed E-state index contributed by atoms with van der Waals surface area (Å²) in [5.74, 6) is 1.21. The molecule has 0 radical (unpaired) electrons. The fraction of sp³-hybridized carbons (Fsp3) is 0.533. The van der Waals surface area contributed by atoms with Crippen molar-refractivity contribution in [3.63, 3.8) is 0 Å². The van der Waals surface area contributed by atoms with Crippen molar-refractivity contribution in [3.8, 4) is 0 Å². The van der Waals surface area contributed by atoms with E-state index >= 15 is 0 Å². The van der Waals surface area contributed by atoms with Crippen molar-refractivity contribution < 1.29 is 9.35 Å². The molecule has 0 saturated carbocycles. The summed E-state index contributed by atoms with van der Waals surface area (Å²) < 4.78 is 14.6. The van der Waals surface area contributed by atoms with Gasteiger partial charge in [-0.15, -0.1) is 16.1 Å². The zero-order valence-electron chi connectivity index (χ0n) is 12.1. The Bertz CT molecular complexity index is 505. The molecule has 3 rings (SSSR count). The molecule has 4 nitrogen and oxygen atoms in total. The summed E-state index contributed by atoms with van der Waals surface area (Å²) >= 11 is 0.883. The molecule has 1 aromatic rings. The molecule has 0 aromatic heterocycles. The number of carbonyl (C=O) groups excluding carboxylic acids is 1. The van der Waals surface area contributed by atoms with Crippen LogP contribution in [-0.2, 0) is 11.4 Å². The van der Waals surface area contributed by atoms with Crippen LogP contribution in [0.25, 0.3) is 0 Å². The Balaban J connectivity index is 1.63. The molecule has 114 valence electrons. The molecule has 0 aliphatic carbocycles. The SMILES string of the molecule is CC(=O)c1ccc([S+]([O-])N2CCC3(CC2)NCCS3)cc1. The molecule has 0 amide bonds. The Kier molecular flexibility index (Phi) is 4.61. The van der Waals surface area contributed by atoms with Gasteiger partial charge in [0, 0.05) is 31.0 Å². The summed E-state index contributed by atoms with van der Waals surface area (Å²) in [6, 6.07) is 7.13. The monoisotopic (exact) mass is 324 g/mol. The average Bonchev–Trinajstić information content (AvgIpc) is 2.96. The molecule has 1 N–H and O–H groups in total. The number of Topliss-reactive ketones (excluding diaryl/α,β-unsaturated/α-hetero) is 1. The molecule has 2 aliphatic rings. The maximum atomic E-state index is 12.6. The number of carbonyl (C=O) groups is 1. The third kappa shape index (κ3) is 3.29. The number of ketones is 1. The van der Waals surface area contributed by atoms with Gasteiger partial charge in [0.15, 0.2) is 10.7 Å². The predicted octanol–water partition coefficient (Wildman–Crippen LogP) is 2.04. The fourth-order valence-corrected chi connectivity index (χ4v) is 5.32. The van der Waals surface area contributed by atoms with E-state index in [1.165, 1.54) is 5.75 Å². The van der Waals surface area contributed by atoms with Gasteiger partial charge >= 0.3 is 0 Å². The zero-order chi connectivity index (χ0) is 14.9. The summed E-state index contributed by atoms with van der Waals surface area (Å²) in [4.78, 5) is 12.3. The maximum Gasteiger partial charge on any atom is 0.174 e. The molecule has 1 atom stereocenters. The van der Waals surface area contributed by atoms with Crippen LogP contribution in [-0.4, -0.2) is 44.9 Å². The third-order valence-electron chi connectivity index (χ3n) is 4.15. The molecule has 1 aromatic carbocycles. The van der Waals surface area contributed by atoms with Crippen LogP contribution >= 0.6 is 11.8 Å². The van der Waals surface area contributed by atoms with Gasteiger partial charge in [0.25, 0.3) is 0 Å². The van der Waals surface area contributed by atoms with E-state index < -0.39 is 11.4 Å². The molecule has 1 unspecified atom stereocenters. The minimum atomic E-state index is -1.12. The Morgan fingerprint density at radius 1 is 1.33 bits per heavy atom. The number of hydrogen-bond acceptors (Lipinski definition) is 5. The number of benzene rings is 1. The fourth-order valence-electron chi connectivity index (χ4n) is 2.87. The first-order valence-corrected chi connectivity index (χ1v) is 9.36. The number of rotatable bonds is 3. The van der Waals surface area contributed by atoms with Crippen molar-refractivity contribution in [2.75, 3.05) is 25.4 Å². The van der Waals surface area contributed by atoms with Crippen LogP contribution in [0.2, 0.25) is 0 Å². The molecular formula is C15H20N2O2S2. The van der Waals surface area contributed by atoms with Crippen molar-refractivity contribution >= 4 is 28.9 Å². The van der Waals surface area contributed by atoms with Gasteiger partial charge in [-0.1, -0.05) is 0 Å². The molecule has 6 heteroatoms. The number of nitrogens with one attached hydrogen (secondary N) is 1. The number of thioether (sulfide) groups is 1. The van der Waals surface area contributed by atoms with Gasteiger partial charge in [-0.3, -0.25) is 4.79 Å². The zero-order valence-corrected chi connectivity index (χ0v) is 13.8. The Hall–Kier alpha value is -0.530. The third-order valence-corrected chi connectivity index (χ3v) is 7.18. The smallest absolute Gasteiger partial charge is 0.174 e. The van der Waals surface area contributed by atoms with E-state index in [1.807, 2.05) is 16.1 Å². The van der Waals surface area contributed by atoms with Crippen molar-refractivity contribution in [2.24, 2.45) is 0 Å². The lowest BCUT2D eigenvalue weighted by molar-refractivity contribution is 0.101. The standard InChI is InChI=1S/C15H20N2O2S2/c1-12(18)13-2-4-14(5-3-13)21(19)17-9-6-15(7-10-17)16-8-11-20-15/h2-5,16H,6-11H2,1H3. The lowest BCUT2D eigenvalue weighted by Crippen LogP contribution is -2.49. The van der Waals surface area contributed by atoms with Crippen LogP contribution in [0.15, 0.2) is 29.2 Å². The number of hydrogen-bond donors (Lipinski definition) is 1. The topological polar surface area (TPSA) is 55.4 Å². The Morgan fingerprint density at radius 3 is 2.52 bits per heavy atom. The first-order valence-electron chi connectivity index (χ1n) is 7.26. The van der Waals surface area contributed by atoms with Gasteiger partial charge in [0.1, 0.15) is 0 Å². The van der Waals surface area contributed by atoms with Crippen molar-refractivity contribution in [1.29, 1.82) is 0 Å². The summed E-state index contributed by atoms with van der Waals surface area (Å²) in [5, 5.41) is 3.59. The average molecular weight is 324 g/mol. The van der Waals surface area contributed by atoms with Gasteiger partial charge in [-0.25, -0.2) is 0 Å². The van der Waals surface area contributed by atoms with E-state index in [4.69, 9.17) is 0 Å². The first kappa shape index (κ1) is 15.4. The van der Waals surface area contributed by atoms with E-state index in [0.717, 1.165) is 37.4 Å². The van der Waals surface area contributed by atoms with E-state index in [0.29, 0.717) is 5.56 Å². The highest BCUT2D eigenvalue weighted by Crippen LogP contribution is 2.38. The van der Waals surface area contributed by atoms with Crippen LogP contribution in [0, 0.1) is 0 Å². The van der Waals surface area contributed by atoms with Crippen LogP contribution in [0.5, 0.6) is 0 Å². The summed E-state index contributed by atoms with van der Waals surface area (Å²) in [7, 11) is 0. The van der Waals surface area contributed by atoms with Crippen LogP contribution in [0.3, 0.4) is 0 Å². The molecule has 2 fully saturated rings. The normalized spacial score (nSPS) is 23.3. The van der Waals surface area contributed by atoms with E-state index in [9.17, 15) is 9.35 Å². The second-order valence-corrected chi connectivity index (χ2v) is 8.49. The lowest BCUT2D eigenvalue weighted by atomic mass is 10.1. The van der Waals surface area contributed by atoms with Gasteiger partial charge in [-0.2, -0.15) is 0 Å².